The predicted octanol–water partition coefficient (Wildman–Crippen LogP) is 0.321. The smallest absolute Gasteiger partial charge is 0.336 e. The van der Waals surface area contributed by atoms with E-state index in [-0.39, 0.29) is 18.2 Å². The molecule has 94 valence electrons. The van der Waals surface area contributed by atoms with Crippen LogP contribution in [0.5, 0.6) is 0 Å². The molecule has 1 aliphatic heterocycles. The summed E-state index contributed by atoms with van der Waals surface area (Å²) in [5, 5.41) is 18.6. The van der Waals surface area contributed by atoms with Crippen LogP contribution < -0.4 is 0 Å². The molecule has 5 nitrogen and oxygen atoms in total. The van der Waals surface area contributed by atoms with Gasteiger partial charge < -0.3 is 14.9 Å². The first-order valence-electron chi connectivity index (χ1n) is 5.48. The Labute approximate surface area is 96.0 Å². The second kappa shape index (κ2) is 4.31. The summed E-state index contributed by atoms with van der Waals surface area (Å²) in [6, 6.07) is 0. The molecular weight excluding hydrogens is 210 g/mol. The molecular formula is C11H21NO4. The SMILES string of the molecule is CC1CN(CC(C)(O)C(=O)O)CC(C)(C)O1. The van der Waals surface area contributed by atoms with Gasteiger partial charge in [0, 0.05) is 19.6 Å². The third kappa shape index (κ3) is 3.43. The molecule has 0 amide bonds. The number of hydrogen-bond acceptors (Lipinski definition) is 4. The Hall–Kier alpha value is -0.650. The third-order valence-electron chi connectivity index (χ3n) is 2.63. The van der Waals surface area contributed by atoms with Crippen LogP contribution in [-0.2, 0) is 9.53 Å². The van der Waals surface area contributed by atoms with Crippen molar-refractivity contribution < 1.29 is 19.7 Å². The zero-order chi connectivity index (χ0) is 12.6. The van der Waals surface area contributed by atoms with E-state index in [0.717, 1.165) is 0 Å². The number of ether oxygens (including phenoxy) is 1. The van der Waals surface area contributed by atoms with Crippen LogP contribution in [0.15, 0.2) is 0 Å². The van der Waals surface area contributed by atoms with Crippen LogP contribution in [0.3, 0.4) is 0 Å². The van der Waals surface area contributed by atoms with Crippen molar-refractivity contribution in [2.45, 2.75) is 45.0 Å². The number of nitrogens with zero attached hydrogens (tertiary/aromatic N) is 1. The van der Waals surface area contributed by atoms with E-state index in [1.165, 1.54) is 6.92 Å². The number of carboxylic acid groups (broad SMARTS) is 1. The third-order valence-corrected chi connectivity index (χ3v) is 2.63. The van der Waals surface area contributed by atoms with E-state index in [2.05, 4.69) is 0 Å². The van der Waals surface area contributed by atoms with Crippen LogP contribution in [-0.4, -0.2) is 58.0 Å². The van der Waals surface area contributed by atoms with Gasteiger partial charge in [-0.15, -0.1) is 0 Å². The van der Waals surface area contributed by atoms with Gasteiger partial charge in [-0.2, -0.15) is 0 Å². The molecule has 1 saturated heterocycles. The van der Waals surface area contributed by atoms with E-state index < -0.39 is 11.6 Å². The molecule has 0 bridgehead atoms. The summed E-state index contributed by atoms with van der Waals surface area (Å²) >= 11 is 0. The number of rotatable bonds is 3. The van der Waals surface area contributed by atoms with Crippen molar-refractivity contribution >= 4 is 5.97 Å². The maximum atomic E-state index is 10.8. The van der Waals surface area contributed by atoms with Crippen molar-refractivity contribution in [3.63, 3.8) is 0 Å². The molecule has 0 saturated carbocycles. The summed E-state index contributed by atoms with van der Waals surface area (Å²) in [5.74, 6) is -1.19. The molecule has 0 radical (unpaired) electrons. The lowest BCUT2D eigenvalue weighted by Gasteiger charge is -2.43. The Balaban J connectivity index is 2.64. The Morgan fingerprint density at radius 3 is 2.62 bits per heavy atom. The first kappa shape index (κ1) is 13.4. The number of carbonyl (C=O) groups is 1. The second-order valence-electron chi connectivity index (χ2n) is 5.44. The summed E-state index contributed by atoms with van der Waals surface area (Å²) in [5.41, 5.74) is -2.00. The van der Waals surface area contributed by atoms with Crippen molar-refractivity contribution in [1.82, 2.24) is 4.90 Å². The molecule has 1 heterocycles. The Morgan fingerprint density at radius 1 is 1.62 bits per heavy atom. The molecule has 1 fully saturated rings. The highest BCUT2D eigenvalue weighted by atomic mass is 16.5. The normalized spacial score (nSPS) is 29.7. The van der Waals surface area contributed by atoms with Crippen LogP contribution in [0.4, 0.5) is 0 Å². The summed E-state index contributed by atoms with van der Waals surface area (Å²) < 4.78 is 5.71. The topological polar surface area (TPSA) is 70.0 Å². The maximum absolute atomic E-state index is 10.8. The molecule has 2 unspecified atom stereocenters. The zero-order valence-electron chi connectivity index (χ0n) is 10.4. The fourth-order valence-electron chi connectivity index (χ4n) is 2.21. The van der Waals surface area contributed by atoms with E-state index >= 15 is 0 Å². The first-order valence-corrected chi connectivity index (χ1v) is 5.48. The van der Waals surface area contributed by atoms with Crippen LogP contribution >= 0.6 is 0 Å². The molecule has 1 aliphatic rings. The average molecular weight is 231 g/mol. The Kier molecular flexibility index (Phi) is 3.62. The zero-order valence-corrected chi connectivity index (χ0v) is 10.4. The van der Waals surface area contributed by atoms with Gasteiger partial charge in [0.25, 0.3) is 0 Å². The first-order chi connectivity index (χ1) is 7.12. The molecule has 2 atom stereocenters. The van der Waals surface area contributed by atoms with Crippen molar-refractivity contribution in [3.05, 3.63) is 0 Å². The van der Waals surface area contributed by atoms with Gasteiger partial charge in [-0.05, 0) is 27.7 Å². The lowest BCUT2D eigenvalue weighted by molar-refractivity contribution is -0.167. The molecule has 0 aromatic heterocycles. The summed E-state index contributed by atoms with van der Waals surface area (Å²) in [6.07, 6.45) is 0.0494. The molecule has 0 spiro atoms. The summed E-state index contributed by atoms with van der Waals surface area (Å²) in [7, 11) is 0. The molecule has 16 heavy (non-hydrogen) atoms. The van der Waals surface area contributed by atoms with Gasteiger partial charge in [-0.25, -0.2) is 4.79 Å². The van der Waals surface area contributed by atoms with E-state index in [9.17, 15) is 9.90 Å². The molecule has 1 rings (SSSR count). The number of aliphatic hydroxyl groups is 1. The lowest BCUT2D eigenvalue weighted by Crippen LogP contribution is -2.57. The monoisotopic (exact) mass is 231 g/mol. The van der Waals surface area contributed by atoms with E-state index in [1.54, 1.807) is 0 Å². The van der Waals surface area contributed by atoms with Crippen molar-refractivity contribution in [3.8, 4) is 0 Å². The maximum Gasteiger partial charge on any atom is 0.336 e. The highest BCUT2D eigenvalue weighted by Crippen LogP contribution is 2.22. The highest BCUT2D eigenvalue weighted by molar-refractivity contribution is 5.76. The minimum atomic E-state index is -1.70. The fourth-order valence-corrected chi connectivity index (χ4v) is 2.21. The fraction of sp³-hybridized carbons (Fsp3) is 0.909. The van der Waals surface area contributed by atoms with Crippen molar-refractivity contribution in [2.75, 3.05) is 19.6 Å². The van der Waals surface area contributed by atoms with Gasteiger partial charge in [0.2, 0.25) is 0 Å². The van der Waals surface area contributed by atoms with Gasteiger partial charge in [0.1, 0.15) is 0 Å². The lowest BCUT2D eigenvalue weighted by atomic mass is 10.0. The molecule has 0 aromatic rings. The quantitative estimate of drug-likeness (QED) is 0.732. The van der Waals surface area contributed by atoms with Gasteiger partial charge in [0.15, 0.2) is 5.60 Å². The largest absolute Gasteiger partial charge is 0.479 e. The van der Waals surface area contributed by atoms with Crippen molar-refractivity contribution in [1.29, 1.82) is 0 Å². The van der Waals surface area contributed by atoms with Gasteiger partial charge in [0.05, 0.1) is 11.7 Å². The number of hydrogen-bond donors (Lipinski definition) is 2. The summed E-state index contributed by atoms with van der Waals surface area (Å²) in [4.78, 5) is 12.8. The molecule has 0 aliphatic carbocycles. The number of β-amino-alcohol motifs (C(OH)–C–C–N with tert-alkyl or cyclic N) is 1. The van der Waals surface area contributed by atoms with Crippen molar-refractivity contribution in [2.24, 2.45) is 0 Å². The number of morpholine rings is 1. The van der Waals surface area contributed by atoms with Crippen LogP contribution in [0, 0.1) is 0 Å². The summed E-state index contributed by atoms with van der Waals surface area (Å²) in [6.45, 7) is 8.59. The Bertz CT molecular complexity index is 275. The Morgan fingerprint density at radius 2 is 2.19 bits per heavy atom. The van der Waals surface area contributed by atoms with Gasteiger partial charge in [-0.3, -0.25) is 4.90 Å². The van der Waals surface area contributed by atoms with Gasteiger partial charge in [-0.1, -0.05) is 0 Å². The van der Waals surface area contributed by atoms with E-state index in [4.69, 9.17) is 9.84 Å². The molecule has 2 N–H and O–H groups in total. The standard InChI is InChI=1S/C11H21NO4/c1-8-5-12(6-10(2,3)16-8)7-11(4,15)9(13)14/h8,15H,5-7H2,1-4H3,(H,13,14). The van der Waals surface area contributed by atoms with Crippen LogP contribution in [0.25, 0.3) is 0 Å². The van der Waals surface area contributed by atoms with Crippen LogP contribution in [0.2, 0.25) is 0 Å². The highest BCUT2D eigenvalue weighted by Gasteiger charge is 2.37. The van der Waals surface area contributed by atoms with E-state index in [1.807, 2.05) is 25.7 Å². The average Bonchev–Trinajstić information content (AvgIpc) is 1.97. The predicted molar refractivity (Wildman–Crippen MR) is 59.3 cm³/mol. The minimum absolute atomic E-state index is 0.0494. The van der Waals surface area contributed by atoms with E-state index in [0.29, 0.717) is 13.1 Å². The van der Waals surface area contributed by atoms with Gasteiger partial charge >= 0.3 is 5.97 Å². The second-order valence-corrected chi connectivity index (χ2v) is 5.44. The minimum Gasteiger partial charge on any atom is -0.479 e. The molecule has 5 heteroatoms. The number of aliphatic carboxylic acids is 1. The number of carboxylic acids is 1. The molecule has 0 aromatic carbocycles. The van der Waals surface area contributed by atoms with Crippen LogP contribution in [0.1, 0.15) is 27.7 Å².